The molecule has 0 aliphatic rings. The first-order valence-electron chi connectivity index (χ1n) is 5.31. The third-order valence-corrected chi connectivity index (χ3v) is 1.91. The van der Waals surface area contributed by atoms with Crippen molar-refractivity contribution in [3.8, 4) is 0 Å². The Morgan fingerprint density at radius 1 is 1.40 bits per heavy atom. The van der Waals surface area contributed by atoms with E-state index in [4.69, 9.17) is 9.47 Å². The average Bonchev–Trinajstić information content (AvgIpc) is 2.10. The van der Waals surface area contributed by atoms with Gasteiger partial charge in [-0.2, -0.15) is 0 Å². The second kappa shape index (κ2) is 5.95. The number of hydrogen-bond acceptors (Lipinski definition) is 3. The van der Waals surface area contributed by atoms with Crippen molar-refractivity contribution in [1.29, 1.82) is 0 Å². The van der Waals surface area contributed by atoms with E-state index in [1.54, 1.807) is 12.0 Å². The van der Waals surface area contributed by atoms with Crippen LogP contribution in [0.1, 0.15) is 34.6 Å². The molecule has 0 aliphatic carbocycles. The summed E-state index contributed by atoms with van der Waals surface area (Å²) in [6.07, 6.45) is -0.258. The Kier molecular flexibility index (Phi) is 5.65. The minimum atomic E-state index is -0.444. The Bertz CT molecular complexity index is 198. The fourth-order valence-electron chi connectivity index (χ4n) is 1.04. The number of nitrogens with zero attached hydrogens (tertiary/aromatic N) is 1. The van der Waals surface area contributed by atoms with Gasteiger partial charge in [-0.25, -0.2) is 4.79 Å². The van der Waals surface area contributed by atoms with Gasteiger partial charge in [0.2, 0.25) is 0 Å². The molecule has 0 saturated carbocycles. The predicted octanol–water partition coefficient (Wildman–Crippen LogP) is 2.28. The van der Waals surface area contributed by atoms with Gasteiger partial charge in [0, 0.05) is 20.2 Å². The normalized spacial score (nSPS) is 13.5. The fraction of sp³-hybridized carbons (Fsp3) is 0.909. The topological polar surface area (TPSA) is 38.8 Å². The summed E-state index contributed by atoms with van der Waals surface area (Å²) < 4.78 is 10.4. The van der Waals surface area contributed by atoms with E-state index in [0.717, 1.165) is 0 Å². The van der Waals surface area contributed by atoms with Gasteiger partial charge >= 0.3 is 6.09 Å². The molecule has 1 unspecified atom stereocenters. The summed E-state index contributed by atoms with van der Waals surface area (Å²) in [6.45, 7) is 10.6. The number of amides is 1. The lowest BCUT2D eigenvalue weighted by Crippen LogP contribution is -2.40. The smallest absolute Gasteiger partial charge is 0.410 e. The number of rotatable bonds is 4. The summed E-state index contributed by atoms with van der Waals surface area (Å²) in [5, 5.41) is 0. The molecule has 0 aliphatic heterocycles. The molecule has 4 heteroatoms. The van der Waals surface area contributed by atoms with Crippen molar-refractivity contribution in [2.24, 2.45) is 0 Å². The first-order valence-corrected chi connectivity index (χ1v) is 5.31. The number of ether oxygens (including phenoxy) is 2. The van der Waals surface area contributed by atoms with Crippen LogP contribution in [0, 0.1) is 0 Å². The molecule has 0 fully saturated rings. The molecular weight excluding hydrogens is 194 g/mol. The number of methoxy groups -OCH3 is 1. The molecule has 0 N–H and O–H groups in total. The minimum absolute atomic E-state index is 0.0254. The van der Waals surface area contributed by atoms with Crippen molar-refractivity contribution in [1.82, 2.24) is 4.90 Å². The molecule has 15 heavy (non-hydrogen) atoms. The number of carbonyl (C=O) groups is 1. The average molecular weight is 217 g/mol. The summed E-state index contributed by atoms with van der Waals surface area (Å²) >= 11 is 0. The third kappa shape index (κ3) is 6.33. The van der Waals surface area contributed by atoms with Crippen molar-refractivity contribution in [3.05, 3.63) is 0 Å². The van der Waals surface area contributed by atoms with E-state index < -0.39 is 5.60 Å². The zero-order chi connectivity index (χ0) is 12.1. The van der Waals surface area contributed by atoms with Gasteiger partial charge < -0.3 is 14.4 Å². The van der Waals surface area contributed by atoms with Crippen LogP contribution in [0.25, 0.3) is 0 Å². The number of carbonyl (C=O) groups excluding carboxylic acids is 1. The standard InChI is InChI=1S/C11H23NO3/c1-7-12(8-9(2)14-6)10(13)15-11(3,4)5/h9H,7-8H2,1-6H3. The Morgan fingerprint density at radius 2 is 1.93 bits per heavy atom. The second-order valence-corrected chi connectivity index (χ2v) is 4.57. The quantitative estimate of drug-likeness (QED) is 0.725. The molecule has 1 amide bonds. The Balaban J connectivity index is 4.23. The zero-order valence-electron chi connectivity index (χ0n) is 10.7. The van der Waals surface area contributed by atoms with E-state index in [-0.39, 0.29) is 12.2 Å². The molecule has 0 rings (SSSR count). The van der Waals surface area contributed by atoms with Crippen LogP contribution in [0.3, 0.4) is 0 Å². The predicted molar refractivity (Wildman–Crippen MR) is 60.0 cm³/mol. The van der Waals surface area contributed by atoms with E-state index in [2.05, 4.69) is 0 Å². The first-order chi connectivity index (χ1) is 6.80. The SMILES string of the molecule is CCN(CC(C)OC)C(=O)OC(C)(C)C. The Hall–Kier alpha value is -0.770. The number of likely N-dealkylation sites (N-methyl/N-ethyl adjacent to an activating group) is 1. The summed E-state index contributed by atoms with van der Waals surface area (Å²) in [7, 11) is 1.63. The summed E-state index contributed by atoms with van der Waals surface area (Å²) in [5.74, 6) is 0. The molecule has 90 valence electrons. The molecule has 0 saturated heterocycles. The van der Waals surface area contributed by atoms with Gasteiger partial charge in [-0.3, -0.25) is 0 Å². The molecule has 1 atom stereocenters. The maximum atomic E-state index is 11.7. The summed E-state index contributed by atoms with van der Waals surface area (Å²) in [6, 6.07) is 0. The van der Waals surface area contributed by atoms with E-state index in [1.807, 2.05) is 34.6 Å². The second-order valence-electron chi connectivity index (χ2n) is 4.57. The molecule has 0 aromatic heterocycles. The highest BCUT2D eigenvalue weighted by atomic mass is 16.6. The van der Waals surface area contributed by atoms with Gasteiger partial charge in [-0.15, -0.1) is 0 Å². The van der Waals surface area contributed by atoms with Crippen molar-refractivity contribution < 1.29 is 14.3 Å². The monoisotopic (exact) mass is 217 g/mol. The molecule has 0 radical (unpaired) electrons. The number of hydrogen-bond donors (Lipinski definition) is 0. The van der Waals surface area contributed by atoms with Gasteiger partial charge in [-0.1, -0.05) is 0 Å². The van der Waals surface area contributed by atoms with Crippen LogP contribution in [-0.2, 0) is 9.47 Å². The van der Waals surface area contributed by atoms with Crippen LogP contribution in [-0.4, -0.2) is 42.9 Å². The van der Waals surface area contributed by atoms with Crippen LogP contribution < -0.4 is 0 Å². The largest absolute Gasteiger partial charge is 0.444 e. The van der Waals surface area contributed by atoms with Crippen LogP contribution in [0.5, 0.6) is 0 Å². The Labute approximate surface area is 92.5 Å². The van der Waals surface area contributed by atoms with Crippen molar-refractivity contribution >= 4 is 6.09 Å². The van der Waals surface area contributed by atoms with Crippen molar-refractivity contribution in [3.63, 3.8) is 0 Å². The Morgan fingerprint density at radius 3 is 2.27 bits per heavy atom. The van der Waals surface area contributed by atoms with Gasteiger partial charge in [0.25, 0.3) is 0 Å². The van der Waals surface area contributed by atoms with E-state index >= 15 is 0 Å². The van der Waals surface area contributed by atoms with Gasteiger partial charge in [0.05, 0.1) is 6.10 Å². The molecule has 0 heterocycles. The van der Waals surface area contributed by atoms with E-state index in [9.17, 15) is 4.79 Å². The van der Waals surface area contributed by atoms with Crippen molar-refractivity contribution in [2.45, 2.75) is 46.3 Å². The molecule has 0 bridgehead atoms. The maximum absolute atomic E-state index is 11.7. The van der Waals surface area contributed by atoms with E-state index in [1.165, 1.54) is 0 Å². The molecule has 0 aromatic carbocycles. The first kappa shape index (κ1) is 14.2. The fourth-order valence-corrected chi connectivity index (χ4v) is 1.04. The lowest BCUT2D eigenvalue weighted by atomic mass is 10.2. The molecule has 0 aromatic rings. The lowest BCUT2D eigenvalue weighted by Gasteiger charge is -2.28. The third-order valence-electron chi connectivity index (χ3n) is 1.91. The summed E-state index contributed by atoms with van der Waals surface area (Å²) in [5.41, 5.74) is -0.444. The highest BCUT2D eigenvalue weighted by Gasteiger charge is 2.22. The lowest BCUT2D eigenvalue weighted by molar-refractivity contribution is 0.0123. The van der Waals surface area contributed by atoms with Gasteiger partial charge in [0.15, 0.2) is 0 Å². The molecule has 4 nitrogen and oxygen atoms in total. The van der Waals surface area contributed by atoms with Gasteiger partial charge in [-0.05, 0) is 34.6 Å². The minimum Gasteiger partial charge on any atom is -0.444 e. The maximum Gasteiger partial charge on any atom is 0.410 e. The van der Waals surface area contributed by atoms with Crippen molar-refractivity contribution in [2.75, 3.05) is 20.2 Å². The van der Waals surface area contributed by atoms with Crippen LogP contribution >= 0.6 is 0 Å². The zero-order valence-corrected chi connectivity index (χ0v) is 10.7. The summed E-state index contributed by atoms with van der Waals surface area (Å²) in [4.78, 5) is 13.3. The van der Waals surface area contributed by atoms with Crippen LogP contribution in [0.4, 0.5) is 4.79 Å². The van der Waals surface area contributed by atoms with E-state index in [0.29, 0.717) is 13.1 Å². The van der Waals surface area contributed by atoms with Crippen LogP contribution in [0.2, 0.25) is 0 Å². The highest BCUT2D eigenvalue weighted by molar-refractivity contribution is 5.68. The van der Waals surface area contributed by atoms with Gasteiger partial charge in [0.1, 0.15) is 5.60 Å². The van der Waals surface area contributed by atoms with Crippen LogP contribution in [0.15, 0.2) is 0 Å². The molecular formula is C11H23NO3. The highest BCUT2D eigenvalue weighted by Crippen LogP contribution is 2.10. The molecule has 0 spiro atoms.